The molecule has 1 N–H and O–H groups in total. The number of anilines is 1. The maximum atomic E-state index is 12.3. The highest BCUT2D eigenvalue weighted by Gasteiger charge is 2.13. The van der Waals surface area contributed by atoms with Crippen LogP contribution in [0.15, 0.2) is 78.2 Å². The predicted molar refractivity (Wildman–Crippen MR) is 114 cm³/mol. The molecule has 0 saturated carbocycles. The normalized spacial score (nSPS) is 11.0. The van der Waals surface area contributed by atoms with E-state index >= 15 is 0 Å². The van der Waals surface area contributed by atoms with Gasteiger partial charge in [0.25, 0.3) is 0 Å². The highest BCUT2D eigenvalue weighted by molar-refractivity contribution is 7.12. The molecule has 0 bridgehead atoms. The van der Waals surface area contributed by atoms with Crippen molar-refractivity contribution < 1.29 is 4.79 Å². The van der Waals surface area contributed by atoms with E-state index < -0.39 is 0 Å². The number of amides is 1. The Morgan fingerprint density at radius 1 is 1.07 bits per heavy atom. The van der Waals surface area contributed by atoms with Gasteiger partial charge in [0.15, 0.2) is 0 Å². The first-order chi connectivity index (χ1) is 13.7. The average molecular weight is 386 g/mol. The lowest BCUT2D eigenvalue weighted by Gasteiger charge is -2.04. The molecule has 0 saturated heterocycles. The number of aromatic nitrogens is 3. The summed E-state index contributed by atoms with van der Waals surface area (Å²) < 4.78 is 1.67. The van der Waals surface area contributed by atoms with Crippen LogP contribution >= 0.6 is 11.3 Å². The largest absolute Gasteiger partial charge is 0.307 e. The summed E-state index contributed by atoms with van der Waals surface area (Å²) in [5.74, 6) is 0.374. The summed E-state index contributed by atoms with van der Waals surface area (Å²) in [5.41, 5.74) is 3.70. The van der Waals surface area contributed by atoms with E-state index in [-0.39, 0.29) is 5.91 Å². The van der Waals surface area contributed by atoms with Crippen molar-refractivity contribution in [3.63, 3.8) is 0 Å². The maximum Gasteiger partial charge on any atom is 0.249 e. The molecule has 1 amide bonds. The molecule has 138 valence electrons. The van der Waals surface area contributed by atoms with Crippen molar-refractivity contribution >= 4 is 29.1 Å². The van der Waals surface area contributed by atoms with Gasteiger partial charge >= 0.3 is 0 Å². The molecule has 0 atom stereocenters. The fourth-order valence-corrected chi connectivity index (χ4v) is 3.54. The van der Waals surface area contributed by atoms with Crippen molar-refractivity contribution in [1.29, 1.82) is 0 Å². The minimum Gasteiger partial charge on any atom is -0.307 e. The number of nitrogens with zero attached hydrogens (tertiary/aromatic N) is 3. The van der Waals surface area contributed by atoms with E-state index in [4.69, 9.17) is 0 Å². The average Bonchev–Trinajstić information content (AvgIpc) is 3.34. The number of hydrogen-bond acceptors (Lipinski definition) is 4. The van der Waals surface area contributed by atoms with E-state index in [2.05, 4.69) is 15.4 Å². The Labute approximate surface area is 167 Å². The van der Waals surface area contributed by atoms with Crippen molar-refractivity contribution in [1.82, 2.24) is 14.8 Å². The van der Waals surface area contributed by atoms with Crippen molar-refractivity contribution in [2.45, 2.75) is 6.92 Å². The number of thiazole rings is 1. The molecular formula is C22H18N4OS. The van der Waals surface area contributed by atoms with Crippen LogP contribution in [0.3, 0.4) is 0 Å². The van der Waals surface area contributed by atoms with Gasteiger partial charge in [0.1, 0.15) is 5.82 Å². The Morgan fingerprint density at radius 3 is 2.54 bits per heavy atom. The van der Waals surface area contributed by atoms with Gasteiger partial charge in [0.05, 0.1) is 11.4 Å². The van der Waals surface area contributed by atoms with Gasteiger partial charge in [-0.25, -0.2) is 4.98 Å². The third-order valence-electron chi connectivity index (χ3n) is 4.05. The predicted octanol–water partition coefficient (Wildman–Crippen LogP) is 4.96. The lowest BCUT2D eigenvalue weighted by molar-refractivity contribution is -0.111. The molecule has 4 aromatic rings. The van der Waals surface area contributed by atoms with Crippen LogP contribution in [-0.4, -0.2) is 20.7 Å². The van der Waals surface area contributed by atoms with Crippen LogP contribution in [0, 0.1) is 6.92 Å². The van der Waals surface area contributed by atoms with Crippen LogP contribution < -0.4 is 5.32 Å². The van der Waals surface area contributed by atoms with E-state index in [0.717, 1.165) is 22.5 Å². The maximum absolute atomic E-state index is 12.3. The highest BCUT2D eigenvalue weighted by Crippen LogP contribution is 2.26. The van der Waals surface area contributed by atoms with Crippen molar-refractivity contribution in [2.24, 2.45) is 0 Å². The Balaban J connectivity index is 1.55. The van der Waals surface area contributed by atoms with Gasteiger partial charge in [0, 0.05) is 23.1 Å². The van der Waals surface area contributed by atoms with Crippen LogP contribution in [0.2, 0.25) is 0 Å². The number of carbonyl (C=O) groups is 1. The second kappa shape index (κ2) is 8.02. The molecule has 2 aromatic heterocycles. The number of carbonyl (C=O) groups excluding carboxylic acids is 1. The lowest BCUT2D eigenvalue weighted by atomic mass is 10.2. The van der Waals surface area contributed by atoms with Gasteiger partial charge in [-0.2, -0.15) is 9.78 Å². The quantitative estimate of drug-likeness (QED) is 0.493. The monoisotopic (exact) mass is 386 g/mol. The summed E-state index contributed by atoms with van der Waals surface area (Å²) in [6.45, 7) is 1.89. The van der Waals surface area contributed by atoms with E-state index in [0.29, 0.717) is 10.9 Å². The molecular weight excluding hydrogens is 368 g/mol. The third kappa shape index (κ3) is 4.07. The Kier molecular flexibility index (Phi) is 5.12. The number of hydrogen-bond donors (Lipinski definition) is 1. The molecule has 0 radical (unpaired) electrons. The first-order valence-electron chi connectivity index (χ1n) is 8.81. The minimum atomic E-state index is -0.218. The second-order valence-corrected chi connectivity index (χ2v) is 7.03. The molecule has 0 spiro atoms. The van der Waals surface area contributed by atoms with Gasteiger partial charge in [-0.1, -0.05) is 60.7 Å². The molecule has 2 heterocycles. The van der Waals surface area contributed by atoms with Crippen LogP contribution in [0.25, 0.3) is 22.5 Å². The zero-order valence-electron chi connectivity index (χ0n) is 15.2. The summed E-state index contributed by atoms with van der Waals surface area (Å²) in [6, 6.07) is 21.5. The van der Waals surface area contributed by atoms with Crippen LogP contribution in [-0.2, 0) is 4.79 Å². The van der Waals surface area contributed by atoms with E-state index in [1.54, 1.807) is 10.8 Å². The van der Waals surface area contributed by atoms with Crippen molar-refractivity contribution in [2.75, 3.05) is 5.32 Å². The molecule has 2 aromatic carbocycles. The molecule has 4 rings (SSSR count). The number of benzene rings is 2. The van der Waals surface area contributed by atoms with Gasteiger partial charge in [-0.15, -0.1) is 11.3 Å². The zero-order chi connectivity index (χ0) is 19.3. The number of aryl methyl sites for hydroxylation is 1. The number of rotatable bonds is 5. The molecule has 0 aliphatic carbocycles. The minimum absolute atomic E-state index is 0.218. The zero-order valence-corrected chi connectivity index (χ0v) is 16.1. The fourth-order valence-electron chi connectivity index (χ4n) is 2.74. The summed E-state index contributed by atoms with van der Waals surface area (Å²) in [4.78, 5) is 17.0. The third-order valence-corrected chi connectivity index (χ3v) is 4.87. The van der Waals surface area contributed by atoms with Crippen LogP contribution in [0.5, 0.6) is 0 Å². The smallest absolute Gasteiger partial charge is 0.249 e. The second-order valence-electron chi connectivity index (χ2n) is 6.20. The van der Waals surface area contributed by atoms with Crippen molar-refractivity contribution in [3.05, 3.63) is 89.4 Å². The Morgan fingerprint density at radius 2 is 1.79 bits per heavy atom. The number of nitrogens with one attached hydrogen (secondary N) is 1. The van der Waals surface area contributed by atoms with E-state index in [9.17, 15) is 4.79 Å². The van der Waals surface area contributed by atoms with Crippen molar-refractivity contribution in [3.8, 4) is 16.4 Å². The summed E-state index contributed by atoms with van der Waals surface area (Å²) in [7, 11) is 0. The summed E-state index contributed by atoms with van der Waals surface area (Å²) in [5, 5.41) is 10.1. The molecule has 0 fully saturated rings. The Hall–Kier alpha value is -3.51. The summed E-state index contributed by atoms with van der Waals surface area (Å²) in [6.07, 6.45) is 3.29. The molecule has 0 aliphatic rings. The molecule has 5 nitrogen and oxygen atoms in total. The molecule has 0 aliphatic heterocycles. The Bertz CT molecular complexity index is 1110. The molecule has 28 heavy (non-hydrogen) atoms. The topological polar surface area (TPSA) is 59.8 Å². The summed E-state index contributed by atoms with van der Waals surface area (Å²) >= 11 is 1.48. The first-order valence-corrected chi connectivity index (χ1v) is 9.69. The molecule has 0 unspecified atom stereocenters. The van der Waals surface area contributed by atoms with Crippen LogP contribution in [0.1, 0.15) is 11.3 Å². The van der Waals surface area contributed by atoms with Gasteiger partial charge in [-0.05, 0) is 18.6 Å². The highest BCUT2D eigenvalue weighted by atomic mass is 32.1. The molecule has 6 heteroatoms. The lowest BCUT2D eigenvalue weighted by Crippen LogP contribution is -2.12. The van der Waals surface area contributed by atoms with E-state index in [1.807, 2.05) is 79.0 Å². The standard InChI is InChI=1S/C22H18N4OS/c1-16-14-20(24-21(27)13-12-17-8-4-2-5-9-17)26(25-16)22-23-19(15-28-22)18-10-6-3-7-11-18/h2-15H,1H3,(H,24,27)/b13-12+. The van der Waals surface area contributed by atoms with Gasteiger partial charge < -0.3 is 5.32 Å². The fraction of sp³-hybridized carbons (Fsp3) is 0.0455. The van der Waals surface area contributed by atoms with Gasteiger partial charge in [0.2, 0.25) is 11.0 Å². The SMILES string of the molecule is Cc1cc(NC(=O)/C=C/c2ccccc2)n(-c2nc(-c3ccccc3)cs2)n1. The van der Waals surface area contributed by atoms with Crippen LogP contribution in [0.4, 0.5) is 5.82 Å². The van der Waals surface area contributed by atoms with E-state index in [1.165, 1.54) is 17.4 Å². The van der Waals surface area contributed by atoms with Gasteiger partial charge in [-0.3, -0.25) is 4.79 Å². The first kappa shape index (κ1) is 17.9.